The van der Waals surface area contributed by atoms with Crippen LogP contribution in [0.15, 0.2) is 30.5 Å². The molecule has 0 aliphatic carbocycles. The molecule has 1 aromatic heterocycles. The molecule has 31 heavy (non-hydrogen) atoms. The fraction of sp³-hybridized carbons (Fsp3) is 0.478. The Balaban J connectivity index is 1.68. The molecule has 8 heteroatoms. The fourth-order valence-corrected chi connectivity index (χ4v) is 4.27. The summed E-state index contributed by atoms with van der Waals surface area (Å²) in [6, 6.07) is 7.18. The molecule has 1 aliphatic rings. The number of hydrogen-bond donors (Lipinski definition) is 3. The number of urea groups is 1. The van der Waals surface area contributed by atoms with Gasteiger partial charge in [-0.3, -0.25) is 19.6 Å². The van der Waals surface area contributed by atoms with Crippen molar-refractivity contribution < 1.29 is 14.4 Å². The summed E-state index contributed by atoms with van der Waals surface area (Å²) < 4.78 is 1.95. The van der Waals surface area contributed by atoms with Crippen LogP contribution in [-0.2, 0) is 15.0 Å². The van der Waals surface area contributed by atoms with Gasteiger partial charge >= 0.3 is 6.03 Å². The highest BCUT2D eigenvalue weighted by Gasteiger charge is 2.42. The molecule has 4 amide bonds. The average Bonchev–Trinajstić information content (AvgIpc) is 3.10. The van der Waals surface area contributed by atoms with Gasteiger partial charge in [0, 0.05) is 12.1 Å². The molecule has 1 aromatic carbocycles. The number of nitrogens with one attached hydrogen (secondary N) is 3. The first-order valence-electron chi connectivity index (χ1n) is 10.9. The highest BCUT2D eigenvalue weighted by molar-refractivity contribution is 6.03. The van der Waals surface area contributed by atoms with Crippen LogP contribution < -0.4 is 16.0 Å². The summed E-state index contributed by atoms with van der Waals surface area (Å²) in [5.74, 6) is -0.485. The molecule has 1 unspecified atom stereocenters. The van der Waals surface area contributed by atoms with Crippen molar-refractivity contribution >= 4 is 29.2 Å². The second-order valence-corrected chi connectivity index (χ2v) is 8.03. The minimum Gasteiger partial charge on any atom is -0.308 e. The third-order valence-corrected chi connectivity index (χ3v) is 6.35. The lowest BCUT2D eigenvalue weighted by Gasteiger charge is -2.35. The normalized spacial score (nSPS) is 18.7. The van der Waals surface area contributed by atoms with Gasteiger partial charge in [0.25, 0.3) is 0 Å². The molecule has 2 heterocycles. The van der Waals surface area contributed by atoms with E-state index in [4.69, 9.17) is 0 Å². The van der Waals surface area contributed by atoms with Gasteiger partial charge in [-0.25, -0.2) is 4.79 Å². The summed E-state index contributed by atoms with van der Waals surface area (Å²) in [5, 5.41) is 12.6. The first-order valence-corrected chi connectivity index (χ1v) is 10.9. The smallest absolute Gasteiger partial charge is 0.308 e. The van der Waals surface area contributed by atoms with Crippen LogP contribution in [0.25, 0.3) is 0 Å². The molecule has 8 nitrogen and oxygen atoms in total. The number of rotatable bonds is 7. The van der Waals surface area contributed by atoms with Crippen molar-refractivity contribution in [2.45, 2.75) is 71.3 Å². The van der Waals surface area contributed by atoms with Gasteiger partial charge in [0.15, 0.2) is 0 Å². The van der Waals surface area contributed by atoms with Crippen molar-refractivity contribution in [3.63, 3.8) is 0 Å². The van der Waals surface area contributed by atoms with E-state index in [0.29, 0.717) is 36.7 Å². The number of benzene rings is 1. The fourth-order valence-electron chi connectivity index (χ4n) is 4.27. The van der Waals surface area contributed by atoms with Gasteiger partial charge in [0.05, 0.1) is 29.0 Å². The van der Waals surface area contributed by atoms with Crippen LogP contribution in [0, 0.1) is 6.92 Å². The molecular formula is C23H31N5O3. The zero-order valence-corrected chi connectivity index (χ0v) is 18.6. The predicted octanol–water partition coefficient (Wildman–Crippen LogP) is 4.28. The van der Waals surface area contributed by atoms with Gasteiger partial charge in [-0.2, -0.15) is 5.10 Å². The molecule has 0 bridgehead atoms. The van der Waals surface area contributed by atoms with E-state index in [1.807, 2.05) is 30.7 Å². The molecule has 0 saturated carbocycles. The van der Waals surface area contributed by atoms with Crippen LogP contribution in [0.2, 0.25) is 0 Å². The summed E-state index contributed by atoms with van der Waals surface area (Å²) in [5.41, 5.74) is 2.34. The standard InChI is InChI=1S/C23H31N5O3/c1-5-18(6-2)28-15(4)19(14-24-28)26-22(31)25-17-10-8-16(9-11-17)23(7-3)13-12-20(29)27-21(23)30/h8-11,14,18H,5-7,12-13H2,1-4H3,(H2,25,26,31)(H,27,29,30). The lowest BCUT2D eigenvalue weighted by molar-refractivity contribution is -0.138. The first kappa shape index (κ1) is 22.5. The van der Waals surface area contributed by atoms with E-state index in [1.165, 1.54) is 0 Å². The van der Waals surface area contributed by atoms with Crippen LogP contribution >= 0.6 is 0 Å². The number of carbonyl (C=O) groups excluding carboxylic acids is 3. The predicted molar refractivity (Wildman–Crippen MR) is 120 cm³/mol. The summed E-state index contributed by atoms with van der Waals surface area (Å²) >= 11 is 0. The van der Waals surface area contributed by atoms with Crippen LogP contribution in [0.5, 0.6) is 0 Å². The Morgan fingerprint density at radius 3 is 2.42 bits per heavy atom. The van der Waals surface area contributed by atoms with E-state index in [2.05, 4.69) is 34.9 Å². The van der Waals surface area contributed by atoms with Crippen molar-refractivity contribution in [1.29, 1.82) is 0 Å². The molecule has 1 fully saturated rings. The van der Waals surface area contributed by atoms with Gasteiger partial charge in [-0.1, -0.05) is 32.9 Å². The quantitative estimate of drug-likeness (QED) is 0.576. The first-order chi connectivity index (χ1) is 14.8. The maximum atomic E-state index is 12.5. The summed E-state index contributed by atoms with van der Waals surface area (Å²) in [6.45, 7) is 8.13. The number of amides is 4. The number of carbonyl (C=O) groups is 3. The second-order valence-electron chi connectivity index (χ2n) is 8.03. The van der Waals surface area contributed by atoms with Gasteiger partial charge in [0.1, 0.15) is 0 Å². The molecule has 1 atom stereocenters. The van der Waals surface area contributed by atoms with Gasteiger partial charge in [-0.15, -0.1) is 0 Å². The SMILES string of the molecule is CCC(CC)n1ncc(NC(=O)Nc2ccc(C3(CC)CCC(=O)NC3=O)cc2)c1C. The lowest BCUT2D eigenvalue weighted by Crippen LogP contribution is -2.51. The van der Waals surface area contributed by atoms with Crippen molar-refractivity contribution in [3.05, 3.63) is 41.7 Å². The minimum absolute atomic E-state index is 0.230. The monoisotopic (exact) mass is 425 g/mol. The molecule has 0 spiro atoms. The van der Waals surface area contributed by atoms with Gasteiger partial charge in [-0.05, 0) is 50.3 Å². The molecule has 166 valence electrons. The molecule has 3 rings (SSSR count). The zero-order chi connectivity index (χ0) is 22.6. The minimum atomic E-state index is -0.713. The molecule has 2 aromatic rings. The molecular weight excluding hydrogens is 394 g/mol. The molecule has 0 radical (unpaired) electrons. The maximum Gasteiger partial charge on any atom is 0.323 e. The molecule has 3 N–H and O–H groups in total. The Kier molecular flexibility index (Phi) is 6.77. The number of anilines is 2. The Morgan fingerprint density at radius 1 is 1.16 bits per heavy atom. The van der Waals surface area contributed by atoms with Crippen molar-refractivity contribution in [2.24, 2.45) is 0 Å². The van der Waals surface area contributed by atoms with Crippen molar-refractivity contribution in [3.8, 4) is 0 Å². The van der Waals surface area contributed by atoms with Crippen LogP contribution in [0.3, 0.4) is 0 Å². The highest BCUT2D eigenvalue weighted by Crippen LogP contribution is 2.36. The topological polar surface area (TPSA) is 105 Å². The van der Waals surface area contributed by atoms with Crippen LogP contribution in [0.4, 0.5) is 16.2 Å². The summed E-state index contributed by atoms with van der Waals surface area (Å²) in [7, 11) is 0. The van der Waals surface area contributed by atoms with Crippen LogP contribution in [-0.4, -0.2) is 27.6 Å². The van der Waals surface area contributed by atoms with E-state index in [-0.39, 0.29) is 17.8 Å². The number of nitrogens with zero attached hydrogens (tertiary/aromatic N) is 2. The van der Waals surface area contributed by atoms with E-state index < -0.39 is 5.41 Å². The summed E-state index contributed by atoms with van der Waals surface area (Å²) in [4.78, 5) is 36.6. The largest absolute Gasteiger partial charge is 0.323 e. The number of piperidine rings is 1. The van der Waals surface area contributed by atoms with Gasteiger partial charge in [0.2, 0.25) is 11.8 Å². The Labute approximate surface area is 182 Å². The number of hydrogen-bond acceptors (Lipinski definition) is 4. The maximum absolute atomic E-state index is 12.5. The number of imide groups is 1. The third kappa shape index (κ3) is 4.47. The Hall–Kier alpha value is -3.16. The van der Waals surface area contributed by atoms with E-state index in [1.54, 1.807) is 18.3 Å². The van der Waals surface area contributed by atoms with Crippen LogP contribution in [0.1, 0.15) is 70.2 Å². The second kappa shape index (κ2) is 9.32. The Bertz CT molecular complexity index is 962. The summed E-state index contributed by atoms with van der Waals surface area (Å²) in [6.07, 6.45) is 5.03. The number of aromatic nitrogens is 2. The zero-order valence-electron chi connectivity index (χ0n) is 18.6. The average molecular weight is 426 g/mol. The highest BCUT2D eigenvalue weighted by atomic mass is 16.2. The molecule has 1 aliphatic heterocycles. The third-order valence-electron chi connectivity index (χ3n) is 6.35. The Morgan fingerprint density at radius 2 is 1.84 bits per heavy atom. The van der Waals surface area contributed by atoms with E-state index in [0.717, 1.165) is 24.1 Å². The van der Waals surface area contributed by atoms with Gasteiger partial charge < -0.3 is 10.6 Å². The lowest BCUT2D eigenvalue weighted by atomic mass is 9.72. The van der Waals surface area contributed by atoms with Crippen molar-refractivity contribution in [1.82, 2.24) is 15.1 Å². The van der Waals surface area contributed by atoms with E-state index in [9.17, 15) is 14.4 Å². The van der Waals surface area contributed by atoms with Crippen molar-refractivity contribution in [2.75, 3.05) is 10.6 Å². The van der Waals surface area contributed by atoms with E-state index >= 15 is 0 Å². The molecule has 1 saturated heterocycles.